The summed E-state index contributed by atoms with van der Waals surface area (Å²) in [5, 5.41) is 0.629. The molecule has 2 aromatic carbocycles. The molecule has 0 aliphatic carbocycles. The fourth-order valence-corrected chi connectivity index (χ4v) is 2.17. The summed E-state index contributed by atoms with van der Waals surface area (Å²) in [6.45, 7) is 0.263. The van der Waals surface area contributed by atoms with Gasteiger partial charge in [0.05, 0.1) is 5.56 Å². The van der Waals surface area contributed by atoms with Crippen LogP contribution < -0.4 is 4.74 Å². The van der Waals surface area contributed by atoms with Crippen LogP contribution in [-0.2, 0) is 16.1 Å². The smallest absolute Gasteiger partial charge is 0.339 e. The van der Waals surface area contributed by atoms with E-state index < -0.39 is 11.9 Å². The van der Waals surface area contributed by atoms with Gasteiger partial charge in [-0.25, -0.2) is 9.59 Å². The van der Waals surface area contributed by atoms with E-state index in [0.717, 1.165) is 11.1 Å². The Bertz CT molecular complexity index is 763. The highest BCUT2D eigenvalue weighted by Gasteiger charge is 2.21. The van der Waals surface area contributed by atoms with E-state index in [0.29, 0.717) is 16.3 Å². The number of fused-ring (bicyclic) bond motifs is 1. The SMILES string of the molecule is O=C(/C=C/c1ccc(Cl)cc1)Oc1ccc2c(c1)C(=O)OC2. The molecule has 4 nitrogen and oxygen atoms in total. The first-order chi connectivity index (χ1) is 10.6. The van der Waals surface area contributed by atoms with Crippen molar-refractivity contribution < 1.29 is 19.1 Å². The molecule has 0 atom stereocenters. The minimum Gasteiger partial charge on any atom is -0.457 e. The van der Waals surface area contributed by atoms with Crippen molar-refractivity contribution in [1.29, 1.82) is 0 Å². The number of ether oxygens (including phenoxy) is 2. The fraction of sp³-hybridized carbons (Fsp3) is 0.0588. The molecule has 5 heteroatoms. The van der Waals surface area contributed by atoms with Gasteiger partial charge >= 0.3 is 11.9 Å². The number of rotatable bonds is 3. The van der Waals surface area contributed by atoms with Gasteiger partial charge in [0.2, 0.25) is 0 Å². The molecule has 0 unspecified atom stereocenters. The molecule has 0 fully saturated rings. The Hall–Kier alpha value is -2.59. The van der Waals surface area contributed by atoms with E-state index in [1.165, 1.54) is 12.1 Å². The van der Waals surface area contributed by atoms with Crippen molar-refractivity contribution in [3.63, 3.8) is 0 Å². The molecule has 0 spiro atoms. The normalized spacial score (nSPS) is 13.0. The molecular formula is C17H11ClO4. The first kappa shape index (κ1) is 14.4. The van der Waals surface area contributed by atoms with Gasteiger partial charge in [-0.2, -0.15) is 0 Å². The quantitative estimate of drug-likeness (QED) is 0.493. The first-order valence-corrected chi connectivity index (χ1v) is 6.95. The monoisotopic (exact) mass is 314 g/mol. The van der Waals surface area contributed by atoms with Crippen molar-refractivity contribution in [3.05, 3.63) is 70.3 Å². The van der Waals surface area contributed by atoms with Crippen molar-refractivity contribution in [2.24, 2.45) is 0 Å². The fourth-order valence-electron chi connectivity index (χ4n) is 2.04. The van der Waals surface area contributed by atoms with Gasteiger partial charge in [-0.1, -0.05) is 29.8 Å². The summed E-state index contributed by atoms with van der Waals surface area (Å²) in [5.41, 5.74) is 2.06. The molecule has 1 aliphatic rings. The van der Waals surface area contributed by atoms with Crippen LogP contribution in [0, 0.1) is 0 Å². The molecule has 0 bridgehead atoms. The average molecular weight is 315 g/mol. The Labute approximate surface area is 131 Å². The van der Waals surface area contributed by atoms with E-state index >= 15 is 0 Å². The number of carbonyl (C=O) groups is 2. The number of carbonyl (C=O) groups excluding carboxylic acids is 2. The summed E-state index contributed by atoms with van der Waals surface area (Å²) in [5.74, 6) is -0.616. The minimum absolute atomic E-state index is 0.263. The van der Waals surface area contributed by atoms with E-state index in [9.17, 15) is 9.59 Å². The van der Waals surface area contributed by atoms with Crippen LogP contribution in [0.3, 0.4) is 0 Å². The highest BCUT2D eigenvalue weighted by atomic mass is 35.5. The molecule has 0 N–H and O–H groups in total. The number of hydrogen-bond donors (Lipinski definition) is 0. The standard InChI is InChI=1S/C17H11ClO4/c18-13-5-1-11(2-6-13)3-8-16(19)22-14-7-4-12-10-21-17(20)15(12)9-14/h1-9H,10H2/b8-3+. The van der Waals surface area contributed by atoms with Crippen molar-refractivity contribution in [1.82, 2.24) is 0 Å². The largest absolute Gasteiger partial charge is 0.457 e. The lowest BCUT2D eigenvalue weighted by atomic mass is 10.1. The van der Waals surface area contributed by atoms with Crippen LogP contribution in [0.5, 0.6) is 5.75 Å². The maximum Gasteiger partial charge on any atom is 0.339 e. The van der Waals surface area contributed by atoms with Crippen molar-refractivity contribution in [2.45, 2.75) is 6.61 Å². The van der Waals surface area contributed by atoms with Gasteiger partial charge in [0, 0.05) is 16.7 Å². The highest BCUT2D eigenvalue weighted by molar-refractivity contribution is 6.30. The van der Waals surface area contributed by atoms with Gasteiger partial charge in [-0.3, -0.25) is 0 Å². The maximum absolute atomic E-state index is 11.8. The predicted molar refractivity (Wildman–Crippen MR) is 81.7 cm³/mol. The second-order valence-electron chi connectivity index (χ2n) is 4.70. The third-order valence-corrected chi connectivity index (χ3v) is 3.41. The van der Waals surface area contributed by atoms with Crippen LogP contribution >= 0.6 is 11.6 Å². The van der Waals surface area contributed by atoms with Gasteiger partial charge in [-0.15, -0.1) is 0 Å². The third-order valence-electron chi connectivity index (χ3n) is 3.16. The molecule has 0 aromatic heterocycles. The Kier molecular flexibility index (Phi) is 3.94. The maximum atomic E-state index is 11.8. The molecule has 3 rings (SSSR count). The number of hydrogen-bond acceptors (Lipinski definition) is 4. The molecule has 0 amide bonds. The van der Waals surface area contributed by atoms with Gasteiger partial charge in [0.1, 0.15) is 12.4 Å². The molecule has 110 valence electrons. The lowest BCUT2D eigenvalue weighted by Crippen LogP contribution is -2.04. The summed E-state index contributed by atoms with van der Waals surface area (Å²) in [6.07, 6.45) is 2.94. The van der Waals surface area contributed by atoms with Gasteiger partial charge in [-0.05, 0) is 35.9 Å². The summed E-state index contributed by atoms with van der Waals surface area (Å²) < 4.78 is 10.1. The zero-order valence-corrected chi connectivity index (χ0v) is 12.2. The Balaban J connectivity index is 1.68. The number of benzene rings is 2. The number of esters is 2. The Morgan fingerprint density at radius 3 is 2.73 bits per heavy atom. The third kappa shape index (κ3) is 3.18. The van der Waals surface area contributed by atoms with Crippen LogP contribution in [0.15, 0.2) is 48.5 Å². The number of halogens is 1. The van der Waals surface area contributed by atoms with Crippen molar-refractivity contribution in [3.8, 4) is 5.75 Å². The zero-order valence-electron chi connectivity index (χ0n) is 11.4. The molecular weight excluding hydrogens is 304 g/mol. The molecule has 2 aromatic rings. The lowest BCUT2D eigenvalue weighted by Gasteiger charge is -2.02. The van der Waals surface area contributed by atoms with E-state index in [1.54, 1.807) is 42.5 Å². The average Bonchev–Trinajstić information content (AvgIpc) is 2.88. The molecule has 0 saturated heterocycles. The molecule has 22 heavy (non-hydrogen) atoms. The van der Waals surface area contributed by atoms with Gasteiger partial charge in [0.15, 0.2) is 0 Å². The van der Waals surface area contributed by atoms with Crippen LogP contribution in [0.4, 0.5) is 0 Å². The molecule has 1 aliphatic heterocycles. The minimum atomic E-state index is -0.527. The van der Waals surface area contributed by atoms with Crippen LogP contribution in [0.1, 0.15) is 21.5 Å². The molecule has 1 heterocycles. The summed E-state index contributed by atoms with van der Waals surface area (Å²) in [7, 11) is 0. The summed E-state index contributed by atoms with van der Waals surface area (Å²) in [6, 6.07) is 11.9. The highest BCUT2D eigenvalue weighted by Crippen LogP contribution is 2.24. The summed E-state index contributed by atoms with van der Waals surface area (Å²) >= 11 is 5.79. The Morgan fingerprint density at radius 1 is 1.18 bits per heavy atom. The van der Waals surface area contributed by atoms with Gasteiger partial charge in [0.25, 0.3) is 0 Å². The predicted octanol–water partition coefficient (Wildman–Crippen LogP) is 3.63. The Morgan fingerprint density at radius 2 is 1.95 bits per heavy atom. The van der Waals surface area contributed by atoms with E-state index in [1.807, 2.05) is 0 Å². The van der Waals surface area contributed by atoms with Crippen molar-refractivity contribution >= 4 is 29.6 Å². The van der Waals surface area contributed by atoms with Crippen molar-refractivity contribution in [2.75, 3.05) is 0 Å². The van der Waals surface area contributed by atoms with E-state index in [2.05, 4.69) is 0 Å². The first-order valence-electron chi connectivity index (χ1n) is 6.57. The molecule has 0 saturated carbocycles. The van der Waals surface area contributed by atoms with Crippen LogP contribution in [0.2, 0.25) is 5.02 Å². The topological polar surface area (TPSA) is 52.6 Å². The van der Waals surface area contributed by atoms with Crippen LogP contribution in [0.25, 0.3) is 6.08 Å². The van der Waals surface area contributed by atoms with E-state index in [-0.39, 0.29) is 6.61 Å². The second kappa shape index (κ2) is 6.03. The van der Waals surface area contributed by atoms with E-state index in [4.69, 9.17) is 21.1 Å². The van der Waals surface area contributed by atoms with Crippen LogP contribution in [-0.4, -0.2) is 11.9 Å². The second-order valence-corrected chi connectivity index (χ2v) is 5.14. The number of cyclic esters (lactones) is 1. The lowest BCUT2D eigenvalue weighted by molar-refractivity contribution is -0.128. The zero-order chi connectivity index (χ0) is 15.5. The summed E-state index contributed by atoms with van der Waals surface area (Å²) in [4.78, 5) is 23.2. The molecule has 0 radical (unpaired) electrons. The van der Waals surface area contributed by atoms with Gasteiger partial charge < -0.3 is 9.47 Å².